The van der Waals surface area contributed by atoms with E-state index in [4.69, 9.17) is 36.4 Å². The number of aromatic carboxylic acids is 3. The van der Waals surface area contributed by atoms with Crippen LogP contribution in [0, 0.1) is 138 Å². The number of ether oxygens (including phenoxy) is 1. The fourth-order valence-electron chi connectivity index (χ4n) is 11.0. The number of halogens is 19. The molecule has 0 spiro atoms. The molecule has 122 heavy (non-hydrogen) atoms. The Balaban J connectivity index is 0.000000223. The van der Waals surface area contributed by atoms with E-state index in [0.29, 0.717) is 11.6 Å². The van der Waals surface area contributed by atoms with E-state index in [-0.39, 0.29) is 133 Å². The van der Waals surface area contributed by atoms with Crippen molar-refractivity contribution in [1.82, 2.24) is 0 Å². The van der Waals surface area contributed by atoms with Crippen molar-refractivity contribution in [2.24, 2.45) is 5.11 Å². The Bertz CT molecular complexity index is 5670. The number of aryl methyl sites for hydroxylation is 4. The molecule has 15 nitrogen and oxygen atoms in total. The lowest BCUT2D eigenvalue weighted by molar-refractivity contribution is 0.0680. The summed E-state index contributed by atoms with van der Waals surface area (Å²) in [6.07, 6.45) is -0.853. The fraction of sp³-hybridized carbons (Fsp3) is 0.125. The summed E-state index contributed by atoms with van der Waals surface area (Å²) in [4.78, 5) is 58.5. The third-order valence-electron chi connectivity index (χ3n) is 17.4. The molecule has 636 valence electrons. The third-order valence-corrected chi connectivity index (χ3v) is 17.4. The van der Waals surface area contributed by atoms with Gasteiger partial charge in [0, 0.05) is 64.0 Å². The van der Waals surface area contributed by atoms with Crippen molar-refractivity contribution in [3.63, 3.8) is 0 Å². The number of nitrogens with zero attached hydrogens (tertiary/aromatic N) is 3. The average Bonchev–Trinajstić information content (AvgIpc) is 0.806. The number of nitrogens with two attached hydrogens (primary N) is 1. The second-order valence-corrected chi connectivity index (χ2v) is 25.8. The molecule has 0 fully saturated rings. The van der Waals surface area contributed by atoms with Gasteiger partial charge in [0.05, 0.1) is 22.4 Å². The molecule has 7 N–H and O–H groups in total. The Labute approximate surface area is 680 Å². The molecule has 0 unspecified atom stereocenters. The minimum atomic E-state index is -1.75. The van der Waals surface area contributed by atoms with Gasteiger partial charge in [0.25, 0.3) is 0 Å². The first-order chi connectivity index (χ1) is 57.4. The van der Waals surface area contributed by atoms with Crippen LogP contribution in [-0.2, 0) is 32.3 Å². The Morgan fingerprint density at radius 2 is 0.680 bits per heavy atom. The van der Waals surface area contributed by atoms with Gasteiger partial charge in [0.15, 0.2) is 92.9 Å². The number of azide groups is 1. The van der Waals surface area contributed by atoms with E-state index in [1.54, 1.807) is 55.5 Å². The van der Waals surface area contributed by atoms with Gasteiger partial charge in [-0.05, 0) is 176 Å². The maximum absolute atomic E-state index is 14.6. The van der Waals surface area contributed by atoms with Crippen molar-refractivity contribution in [3.8, 4) is 17.2 Å². The highest BCUT2D eigenvalue weighted by Gasteiger charge is 2.27. The third kappa shape index (κ3) is 24.8. The average molecular weight is 1720 g/mol. The summed E-state index contributed by atoms with van der Waals surface area (Å²) >= 11 is 0. The molecule has 12 aromatic carbocycles. The van der Waals surface area contributed by atoms with E-state index in [1.165, 1.54) is 113 Å². The van der Waals surface area contributed by atoms with Crippen LogP contribution in [0.5, 0.6) is 17.2 Å². The smallest absolute Gasteiger partial charge is 0.338 e. The van der Waals surface area contributed by atoms with Crippen LogP contribution in [0.3, 0.4) is 0 Å². The maximum Gasteiger partial charge on any atom is 0.338 e. The summed E-state index contributed by atoms with van der Waals surface area (Å²) in [5.41, 5.74) is 12.7. The van der Waals surface area contributed by atoms with Crippen LogP contribution in [0.2, 0.25) is 0 Å². The molecule has 0 atom stereocenters. The van der Waals surface area contributed by atoms with Crippen molar-refractivity contribution in [1.29, 1.82) is 0 Å². The van der Waals surface area contributed by atoms with E-state index in [9.17, 15) is 112 Å². The number of ketones is 2. The Morgan fingerprint density at radius 1 is 0.344 bits per heavy atom. The molecule has 0 aliphatic rings. The van der Waals surface area contributed by atoms with Gasteiger partial charge in [0.2, 0.25) is 11.6 Å². The maximum atomic E-state index is 14.6. The van der Waals surface area contributed by atoms with Gasteiger partial charge in [-0.2, -0.15) is 8.78 Å². The van der Waals surface area contributed by atoms with E-state index in [1.807, 2.05) is 6.07 Å². The van der Waals surface area contributed by atoms with Crippen molar-refractivity contribution in [2.45, 2.75) is 73.8 Å². The Morgan fingerprint density at radius 3 is 1.07 bits per heavy atom. The lowest BCUT2D eigenvalue weighted by atomic mass is 9.94. The van der Waals surface area contributed by atoms with Crippen LogP contribution >= 0.6 is 0 Å². The number of anilines is 1. The number of benzene rings is 12. The highest BCUT2D eigenvalue weighted by molar-refractivity contribution is 5.97. The van der Waals surface area contributed by atoms with Gasteiger partial charge in [-0.1, -0.05) is 108 Å². The predicted octanol–water partition coefficient (Wildman–Crippen LogP) is 23.1. The molecule has 0 saturated carbocycles. The number of carbonyl (C=O) groups excluding carboxylic acids is 2. The van der Waals surface area contributed by atoms with E-state index in [0.717, 1.165) is 48.9 Å². The molecular weight excluding hydrogens is 1650 g/mol. The van der Waals surface area contributed by atoms with E-state index >= 15 is 0 Å². The number of rotatable bonds is 17. The summed E-state index contributed by atoms with van der Waals surface area (Å²) in [5, 5.41) is 47.6. The number of nitrogen functional groups attached to an aromatic ring is 1. The first-order valence-electron chi connectivity index (χ1n) is 35.0. The first-order valence-corrected chi connectivity index (χ1v) is 35.0. The molecule has 0 aliphatic heterocycles. The van der Waals surface area contributed by atoms with Gasteiger partial charge in [0.1, 0.15) is 47.1 Å². The van der Waals surface area contributed by atoms with Crippen LogP contribution in [0.15, 0.2) is 187 Å². The van der Waals surface area contributed by atoms with Gasteiger partial charge in [-0.3, -0.25) is 9.59 Å². The zero-order valence-corrected chi connectivity index (χ0v) is 64.1. The van der Waals surface area contributed by atoms with Crippen LogP contribution in [0.25, 0.3) is 10.4 Å². The number of carbonyl (C=O) groups is 5. The molecule has 34 heteroatoms. The lowest BCUT2D eigenvalue weighted by Crippen LogP contribution is -2.10. The van der Waals surface area contributed by atoms with E-state index in [2.05, 4.69) is 10.0 Å². The van der Waals surface area contributed by atoms with Crippen LogP contribution in [-0.4, -0.2) is 55.0 Å². The zero-order valence-electron chi connectivity index (χ0n) is 64.1. The highest BCUT2D eigenvalue weighted by Crippen LogP contribution is 2.35. The lowest BCUT2D eigenvalue weighted by Gasteiger charge is -2.13. The topological polar surface area (TPSA) is 271 Å². The normalized spacial score (nSPS) is 10.4. The highest BCUT2D eigenvalue weighted by atomic mass is 19.2. The van der Waals surface area contributed by atoms with Crippen LogP contribution < -0.4 is 10.5 Å². The van der Waals surface area contributed by atoms with Crippen LogP contribution in [0.1, 0.15) is 138 Å². The van der Waals surface area contributed by atoms with Gasteiger partial charge in [-0.25, -0.2) is 89.0 Å². The molecule has 12 rings (SSSR count). The number of hydrogen-bond acceptors (Lipinski definition) is 10. The van der Waals surface area contributed by atoms with Crippen molar-refractivity contribution < 1.29 is 138 Å². The predicted molar refractivity (Wildman–Crippen MR) is 408 cm³/mol. The number of hydrogen-bond donors (Lipinski definition) is 6. The molecule has 0 bridgehead atoms. The van der Waals surface area contributed by atoms with Crippen molar-refractivity contribution >= 4 is 40.8 Å². The number of carboxylic acid groups (broad SMARTS) is 3. The standard InChI is InChI=1S/C16H13F3O.C16H13F2N3O.C15H11F3O2.C14H11F2NO3.C13H9F3O.C8H5F3O2.C6H3F3O/c1-9-7-12(10(2)20)13(16(19)15(9)18)8-11-5-3-4-6-14(11)17;1-9-7-12(10(2)22)13(15(18)16(9)20-21-19)8-11-5-3-4-6-14(11)17;1-8-6-11(15(19)20)10(14(18)13(8)17)7-9-4-2-3-5-12(9)16;15-10-4-2-1-3-7(10)5-8-9(14(19)20)6-11(18)13(17)12(8)16;14-10-6-7-11(13(16)12(10)15)17-8-9-4-2-1-3-5-9;1-3-2-4(8(12)13)6(10)7(11)5(3)9;7-3-1-2-4(10)6(9)5(3)8/h3-7H,8H2,1-2H3;3-7H,8H2,1-2H3;2-6H,7H2,1H3,(H,19,20);1-4,6,18H,5,17H2,(H,19,20);1-7H,8H2;2H,1H3,(H,12,13);1-2,10H. The van der Waals surface area contributed by atoms with Gasteiger partial charge >= 0.3 is 17.9 Å². The summed E-state index contributed by atoms with van der Waals surface area (Å²) in [5.74, 6) is -28.8. The minimum Gasteiger partial charge on any atom is -0.506 e. The van der Waals surface area contributed by atoms with Crippen molar-refractivity contribution in [2.75, 3.05) is 5.73 Å². The molecule has 0 amide bonds. The molecule has 0 aromatic heterocycles. The summed E-state index contributed by atoms with van der Waals surface area (Å²) in [7, 11) is 0. The summed E-state index contributed by atoms with van der Waals surface area (Å²) in [6.45, 7) is 8.05. The second-order valence-electron chi connectivity index (χ2n) is 25.8. The largest absolute Gasteiger partial charge is 0.506 e. The van der Waals surface area contributed by atoms with Crippen LogP contribution in [0.4, 0.5) is 94.8 Å². The molecule has 0 aliphatic carbocycles. The molecule has 12 aromatic rings. The summed E-state index contributed by atoms with van der Waals surface area (Å²) in [6, 6.07) is 40.7. The molecule has 0 saturated heterocycles. The number of phenolic OH excluding ortho intramolecular Hbond substituents is 2. The minimum absolute atomic E-state index is 0.0330. The number of aromatic hydroxyl groups is 2. The van der Waals surface area contributed by atoms with Crippen molar-refractivity contribution in [3.05, 3.63) is 403 Å². The Kier molecular flexibility index (Phi) is 34.7. The zero-order chi connectivity index (χ0) is 91.0. The van der Waals surface area contributed by atoms with Gasteiger partial charge < -0.3 is 36.0 Å². The quantitative estimate of drug-likeness (QED) is 0.00726. The summed E-state index contributed by atoms with van der Waals surface area (Å²) < 4.78 is 256. The molecular formula is C88H65F19N4O11. The Hall–Kier alpha value is -14.4. The molecule has 0 radical (unpaired) electrons. The SMILES string of the molecule is CC(=O)c1cc(C)c(F)c(F)c1Cc1ccccc1F.CC(=O)c1cc(C)c(N=[N+]=[N-])c(F)c1Cc1ccccc1F.Cc1cc(C(=O)O)c(Cc2ccccc2F)c(F)c1F.Cc1cc(C(=O)O)c(F)c(F)c1F.Fc1ccc(OCc2ccccc2)c(F)c1F.Nc1c(O)cc(C(=O)O)c(Cc2ccccc2F)c1F.Oc1ccc(F)c(F)c1F. The fourth-order valence-corrected chi connectivity index (χ4v) is 11.0. The number of carboxylic acids is 3. The second kappa shape index (κ2) is 43.9. The number of phenols is 2. The molecule has 0 heterocycles. The first kappa shape index (κ1) is 96.4. The monoisotopic (exact) mass is 1710 g/mol. The van der Waals surface area contributed by atoms with Gasteiger partial charge in [-0.15, -0.1) is 0 Å². The number of Topliss-reactive ketones (excluding diaryl/α,β-unsaturated/α-hetero) is 2. The van der Waals surface area contributed by atoms with E-state index < -0.39 is 157 Å².